The number of hydrogen-bond donors (Lipinski definition) is 1. The lowest BCUT2D eigenvalue weighted by Gasteiger charge is -2.28. The molecule has 1 atom stereocenters. The van der Waals surface area contributed by atoms with Crippen molar-refractivity contribution in [2.75, 3.05) is 5.32 Å². The van der Waals surface area contributed by atoms with Crippen LogP contribution in [0.2, 0.25) is 5.02 Å². The van der Waals surface area contributed by atoms with E-state index in [4.69, 9.17) is 16.3 Å². The Balaban J connectivity index is 2.30. The Hall–Kier alpha value is -1.33. The first-order valence-electron chi connectivity index (χ1n) is 6.51. The standard InChI is InChI=1S/C14H19ClN2O3/c1-13(2)8-12(14(3,4)20-13)16-10-7-9(15)5-6-11(10)17(18)19/h5-7,12,16H,8H2,1-4H3. The van der Waals surface area contributed by atoms with Crippen molar-refractivity contribution in [3.63, 3.8) is 0 Å². The molecule has 0 bridgehead atoms. The zero-order valence-electron chi connectivity index (χ0n) is 12.1. The van der Waals surface area contributed by atoms with Gasteiger partial charge in [-0.3, -0.25) is 10.1 Å². The van der Waals surface area contributed by atoms with Gasteiger partial charge in [0.1, 0.15) is 5.69 Å². The number of nitrogens with one attached hydrogen (secondary N) is 1. The molecule has 1 aromatic carbocycles. The van der Waals surface area contributed by atoms with Crippen LogP contribution in [0.5, 0.6) is 0 Å². The van der Waals surface area contributed by atoms with Gasteiger partial charge in [-0.05, 0) is 46.2 Å². The van der Waals surface area contributed by atoms with Gasteiger partial charge in [-0.1, -0.05) is 11.6 Å². The van der Waals surface area contributed by atoms with Crippen molar-refractivity contribution in [2.45, 2.75) is 51.4 Å². The van der Waals surface area contributed by atoms with Gasteiger partial charge in [0.15, 0.2) is 0 Å². The summed E-state index contributed by atoms with van der Waals surface area (Å²) < 4.78 is 5.99. The molecule has 1 saturated heterocycles. The van der Waals surface area contributed by atoms with Crippen LogP contribution in [0, 0.1) is 10.1 Å². The average molecular weight is 299 g/mol. The Morgan fingerprint density at radius 3 is 2.55 bits per heavy atom. The van der Waals surface area contributed by atoms with Gasteiger partial charge in [0, 0.05) is 11.1 Å². The SMILES string of the molecule is CC1(C)CC(Nc2cc(Cl)ccc2[N+](=O)[O-])C(C)(C)O1. The van der Waals surface area contributed by atoms with E-state index in [1.165, 1.54) is 12.1 Å². The summed E-state index contributed by atoms with van der Waals surface area (Å²) in [6.07, 6.45) is 0.768. The van der Waals surface area contributed by atoms with E-state index in [-0.39, 0.29) is 17.3 Å². The predicted molar refractivity (Wildman–Crippen MR) is 79.4 cm³/mol. The lowest BCUT2D eigenvalue weighted by Crippen LogP contribution is -2.38. The highest BCUT2D eigenvalue weighted by Crippen LogP contribution is 2.40. The van der Waals surface area contributed by atoms with E-state index in [0.717, 1.165) is 6.42 Å². The van der Waals surface area contributed by atoms with E-state index < -0.39 is 10.5 Å². The molecule has 1 N–H and O–H groups in total. The Morgan fingerprint density at radius 1 is 1.40 bits per heavy atom. The average Bonchev–Trinajstić information content (AvgIpc) is 2.46. The topological polar surface area (TPSA) is 64.4 Å². The van der Waals surface area contributed by atoms with Gasteiger partial charge < -0.3 is 10.1 Å². The Kier molecular flexibility index (Phi) is 3.69. The fourth-order valence-corrected chi connectivity index (χ4v) is 2.93. The zero-order chi connectivity index (χ0) is 15.1. The van der Waals surface area contributed by atoms with Crippen LogP contribution in [0.15, 0.2) is 18.2 Å². The fourth-order valence-electron chi connectivity index (χ4n) is 2.76. The summed E-state index contributed by atoms with van der Waals surface area (Å²) in [6.45, 7) is 8.00. The van der Waals surface area contributed by atoms with Gasteiger partial charge in [0.05, 0.1) is 22.2 Å². The third kappa shape index (κ3) is 3.04. The number of nitro benzene ring substituents is 1. The molecule has 6 heteroatoms. The monoisotopic (exact) mass is 298 g/mol. The van der Waals surface area contributed by atoms with Crippen LogP contribution in [0.3, 0.4) is 0 Å². The van der Waals surface area contributed by atoms with E-state index in [1.807, 2.05) is 27.7 Å². The molecule has 0 radical (unpaired) electrons. The molecule has 0 spiro atoms. The van der Waals surface area contributed by atoms with Crippen LogP contribution in [-0.2, 0) is 4.74 Å². The van der Waals surface area contributed by atoms with Crippen molar-refractivity contribution in [1.29, 1.82) is 0 Å². The lowest BCUT2D eigenvalue weighted by molar-refractivity contribution is -0.384. The number of benzene rings is 1. The van der Waals surface area contributed by atoms with Crippen molar-refractivity contribution in [3.8, 4) is 0 Å². The maximum atomic E-state index is 11.1. The van der Waals surface area contributed by atoms with Crippen molar-refractivity contribution < 1.29 is 9.66 Å². The molecule has 2 rings (SSSR count). The van der Waals surface area contributed by atoms with E-state index in [9.17, 15) is 10.1 Å². The predicted octanol–water partition coefficient (Wildman–Crippen LogP) is 4.01. The summed E-state index contributed by atoms with van der Waals surface area (Å²) in [5, 5.41) is 14.8. The highest BCUT2D eigenvalue weighted by molar-refractivity contribution is 6.31. The third-order valence-corrected chi connectivity index (χ3v) is 3.79. The molecule has 20 heavy (non-hydrogen) atoms. The second-order valence-corrected chi connectivity index (χ2v) is 6.72. The number of ether oxygens (including phenoxy) is 1. The molecular weight excluding hydrogens is 280 g/mol. The molecule has 5 nitrogen and oxygen atoms in total. The van der Waals surface area contributed by atoms with Crippen LogP contribution in [0.4, 0.5) is 11.4 Å². The molecule has 1 aliphatic rings. The molecule has 0 saturated carbocycles. The van der Waals surface area contributed by atoms with Crippen molar-refractivity contribution in [2.24, 2.45) is 0 Å². The van der Waals surface area contributed by atoms with Gasteiger partial charge in [-0.15, -0.1) is 0 Å². The summed E-state index contributed by atoms with van der Waals surface area (Å²) in [6, 6.07) is 4.50. The van der Waals surface area contributed by atoms with Crippen molar-refractivity contribution in [1.82, 2.24) is 0 Å². The number of hydrogen-bond acceptors (Lipinski definition) is 4. The highest BCUT2D eigenvalue weighted by Gasteiger charge is 2.46. The Morgan fingerprint density at radius 2 is 2.05 bits per heavy atom. The molecule has 1 aromatic rings. The quantitative estimate of drug-likeness (QED) is 0.676. The zero-order valence-corrected chi connectivity index (χ0v) is 12.8. The van der Waals surface area contributed by atoms with Crippen molar-refractivity contribution in [3.05, 3.63) is 33.3 Å². The van der Waals surface area contributed by atoms with E-state index in [2.05, 4.69) is 5.32 Å². The van der Waals surface area contributed by atoms with Gasteiger partial charge in [-0.25, -0.2) is 0 Å². The van der Waals surface area contributed by atoms with Gasteiger partial charge >= 0.3 is 0 Å². The third-order valence-electron chi connectivity index (χ3n) is 3.56. The van der Waals surface area contributed by atoms with Crippen LogP contribution in [0.1, 0.15) is 34.1 Å². The minimum absolute atomic E-state index is 0.0188. The number of anilines is 1. The Labute approximate surface area is 123 Å². The summed E-state index contributed by atoms with van der Waals surface area (Å²) in [4.78, 5) is 10.7. The minimum atomic E-state index is -0.410. The van der Waals surface area contributed by atoms with Crippen LogP contribution in [-0.4, -0.2) is 22.2 Å². The number of nitro groups is 1. The fraction of sp³-hybridized carbons (Fsp3) is 0.571. The van der Waals surface area contributed by atoms with E-state index >= 15 is 0 Å². The lowest BCUT2D eigenvalue weighted by atomic mass is 9.94. The van der Waals surface area contributed by atoms with Gasteiger partial charge in [-0.2, -0.15) is 0 Å². The molecule has 1 unspecified atom stereocenters. The second-order valence-electron chi connectivity index (χ2n) is 6.28. The summed E-state index contributed by atoms with van der Waals surface area (Å²) in [5.74, 6) is 0. The first-order valence-corrected chi connectivity index (χ1v) is 6.89. The second kappa shape index (κ2) is 4.90. The van der Waals surface area contributed by atoms with E-state index in [0.29, 0.717) is 10.7 Å². The van der Waals surface area contributed by atoms with Crippen LogP contribution < -0.4 is 5.32 Å². The highest BCUT2D eigenvalue weighted by atomic mass is 35.5. The van der Waals surface area contributed by atoms with Crippen LogP contribution >= 0.6 is 11.6 Å². The van der Waals surface area contributed by atoms with E-state index in [1.54, 1.807) is 6.07 Å². The smallest absolute Gasteiger partial charge is 0.292 e. The maximum Gasteiger partial charge on any atom is 0.292 e. The number of halogens is 1. The molecule has 1 aliphatic heterocycles. The molecular formula is C14H19ClN2O3. The van der Waals surface area contributed by atoms with Gasteiger partial charge in [0.25, 0.3) is 5.69 Å². The number of nitrogens with zero attached hydrogens (tertiary/aromatic N) is 1. The minimum Gasteiger partial charge on any atom is -0.374 e. The largest absolute Gasteiger partial charge is 0.374 e. The molecule has 0 aliphatic carbocycles. The first-order chi connectivity index (χ1) is 9.11. The molecule has 1 fully saturated rings. The summed E-state index contributed by atoms with van der Waals surface area (Å²) in [5.41, 5.74) is -0.203. The summed E-state index contributed by atoms with van der Waals surface area (Å²) in [7, 11) is 0. The maximum absolute atomic E-state index is 11.1. The van der Waals surface area contributed by atoms with Crippen molar-refractivity contribution >= 4 is 23.0 Å². The summed E-state index contributed by atoms with van der Waals surface area (Å²) >= 11 is 5.94. The first kappa shape index (κ1) is 15.1. The number of rotatable bonds is 3. The molecule has 1 heterocycles. The molecule has 110 valence electrons. The molecule has 0 aromatic heterocycles. The Bertz CT molecular complexity index is 543. The molecule has 0 amide bonds. The van der Waals surface area contributed by atoms with Gasteiger partial charge in [0.2, 0.25) is 0 Å². The van der Waals surface area contributed by atoms with Crippen LogP contribution in [0.25, 0.3) is 0 Å². The normalized spacial score (nSPS) is 23.6.